The van der Waals surface area contributed by atoms with Gasteiger partial charge in [0.05, 0.1) is 22.5 Å². The lowest BCUT2D eigenvalue weighted by molar-refractivity contribution is -0.120. The fraction of sp³-hybridized carbons (Fsp3) is 0.381. The minimum absolute atomic E-state index is 0.115. The number of carbonyl (C=O) groups excluding carboxylic acids is 3. The summed E-state index contributed by atoms with van der Waals surface area (Å²) in [6.07, 6.45) is 1.88. The van der Waals surface area contributed by atoms with E-state index in [1.807, 2.05) is 77.9 Å². The van der Waals surface area contributed by atoms with E-state index < -0.39 is 0 Å². The van der Waals surface area contributed by atoms with E-state index in [-0.39, 0.29) is 46.3 Å². The maximum absolute atomic E-state index is 14.7. The highest BCUT2D eigenvalue weighted by atomic mass is 16.3. The largest absolute Gasteiger partial charge is 0.506 e. The van der Waals surface area contributed by atoms with Gasteiger partial charge in [-0.2, -0.15) is 0 Å². The molecule has 0 aromatic heterocycles. The molecule has 0 bridgehead atoms. The molecule has 0 heterocycles. The van der Waals surface area contributed by atoms with Crippen molar-refractivity contribution in [2.45, 2.75) is 69.2 Å². The Bertz CT molecular complexity index is 2090. The lowest BCUT2D eigenvalue weighted by atomic mass is 9.74. The number of nitrogens with zero attached hydrogens (tertiary/aromatic N) is 3. The molecule has 2 amide bonds. The third-order valence-corrected chi connectivity index (χ3v) is 9.96. The number of ketones is 1. The van der Waals surface area contributed by atoms with Crippen molar-refractivity contribution in [1.29, 1.82) is 0 Å². The summed E-state index contributed by atoms with van der Waals surface area (Å²) >= 11 is 0. The van der Waals surface area contributed by atoms with E-state index in [1.165, 1.54) is 0 Å². The van der Waals surface area contributed by atoms with Gasteiger partial charge in [-0.1, -0.05) is 39.8 Å². The number of hydrogen-bond acceptors (Lipinski definition) is 6. The first kappa shape index (κ1) is 36.3. The Hall–Kier alpha value is -4.98. The maximum atomic E-state index is 14.7. The van der Waals surface area contributed by atoms with Crippen molar-refractivity contribution in [2.24, 2.45) is 16.8 Å². The van der Waals surface area contributed by atoms with Gasteiger partial charge in [-0.3, -0.25) is 14.4 Å². The van der Waals surface area contributed by atoms with Gasteiger partial charge >= 0.3 is 0 Å². The topological polar surface area (TPSA) is 102 Å². The SMILES string of the molecule is CCN(CC)C1=CC(=NC(=O)C(C)C)C(=C2C(=O)C(c3c(NC(=O)C(C)C)cc(N(C)C)c4cc(C)c(C)cc34)=C2O)c2cc(C)c(C)cc21. The molecule has 2 aliphatic carbocycles. The Morgan fingerprint density at radius 1 is 0.780 bits per heavy atom. The summed E-state index contributed by atoms with van der Waals surface area (Å²) in [6.45, 7) is 21.0. The second-order valence-electron chi connectivity index (χ2n) is 14.3. The molecule has 0 unspecified atom stereocenters. The summed E-state index contributed by atoms with van der Waals surface area (Å²) in [7, 11) is 3.88. The van der Waals surface area contributed by atoms with Gasteiger partial charge in [-0.25, -0.2) is 4.99 Å². The van der Waals surface area contributed by atoms with Gasteiger partial charge in [-0.15, -0.1) is 0 Å². The number of rotatable bonds is 8. The monoisotopic (exact) mass is 674 g/mol. The van der Waals surface area contributed by atoms with Gasteiger partial charge < -0.3 is 20.2 Å². The second kappa shape index (κ2) is 13.7. The van der Waals surface area contributed by atoms with Gasteiger partial charge in [-0.05, 0) is 99.0 Å². The fourth-order valence-electron chi connectivity index (χ4n) is 6.63. The van der Waals surface area contributed by atoms with Crippen LogP contribution in [-0.2, 0) is 14.4 Å². The Morgan fingerprint density at radius 3 is 1.86 bits per heavy atom. The van der Waals surface area contributed by atoms with Crippen LogP contribution in [0, 0.1) is 39.5 Å². The highest BCUT2D eigenvalue weighted by Crippen LogP contribution is 2.49. The molecule has 3 aromatic carbocycles. The number of allylic oxidation sites excluding steroid dienone is 4. The molecule has 5 rings (SSSR count). The fourth-order valence-corrected chi connectivity index (χ4v) is 6.63. The quantitative estimate of drug-likeness (QED) is 0.233. The zero-order valence-corrected chi connectivity index (χ0v) is 31.5. The third kappa shape index (κ3) is 6.16. The van der Waals surface area contributed by atoms with E-state index in [9.17, 15) is 19.5 Å². The van der Waals surface area contributed by atoms with Crippen LogP contribution in [0.25, 0.3) is 27.6 Å². The van der Waals surface area contributed by atoms with E-state index in [1.54, 1.807) is 13.8 Å². The van der Waals surface area contributed by atoms with Crippen molar-refractivity contribution in [2.75, 3.05) is 37.4 Å². The number of aliphatic hydroxyl groups is 1. The Balaban J connectivity index is 1.91. The molecule has 0 aliphatic heterocycles. The summed E-state index contributed by atoms with van der Waals surface area (Å²) in [5.41, 5.74) is 9.62. The highest BCUT2D eigenvalue weighted by molar-refractivity contribution is 6.50. The van der Waals surface area contributed by atoms with Gasteiger partial charge in [0.1, 0.15) is 5.76 Å². The molecule has 0 saturated heterocycles. The van der Waals surface area contributed by atoms with Crippen LogP contribution in [0.3, 0.4) is 0 Å². The number of hydrogen-bond donors (Lipinski definition) is 2. The molecular formula is C42H50N4O4. The Morgan fingerprint density at radius 2 is 1.34 bits per heavy atom. The molecule has 2 aliphatic rings. The summed E-state index contributed by atoms with van der Waals surface area (Å²) in [5.74, 6) is -1.75. The van der Waals surface area contributed by atoms with Crippen LogP contribution in [0.15, 0.2) is 52.7 Å². The summed E-state index contributed by atoms with van der Waals surface area (Å²) in [6, 6.07) is 10.1. The van der Waals surface area contributed by atoms with Gasteiger partial charge in [0.25, 0.3) is 0 Å². The highest BCUT2D eigenvalue weighted by Gasteiger charge is 2.42. The Labute approximate surface area is 296 Å². The minimum Gasteiger partial charge on any atom is -0.506 e. The van der Waals surface area contributed by atoms with Crippen molar-refractivity contribution < 1.29 is 19.5 Å². The number of Topliss-reactive ketones (excluding diaryl/α,β-unsaturated/α-hetero) is 1. The van der Waals surface area contributed by atoms with Crippen LogP contribution in [-0.4, -0.2) is 60.5 Å². The smallest absolute Gasteiger partial charge is 0.248 e. The van der Waals surface area contributed by atoms with Crippen LogP contribution in [0.5, 0.6) is 0 Å². The third-order valence-electron chi connectivity index (χ3n) is 9.96. The molecule has 262 valence electrons. The molecule has 2 N–H and O–H groups in total. The lowest BCUT2D eigenvalue weighted by Gasteiger charge is -2.34. The number of aliphatic imine (C=N–C) groups is 1. The number of carbonyl (C=O) groups is 3. The van der Waals surface area contributed by atoms with Gasteiger partial charge in [0, 0.05) is 72.5 Å². The zero-order chi connectivity index (χ0) is 36.9. The first-order valence-corrected chi connectivity index (χ1v) is 17.5. The van der Waals surface area contributed by atoms with Crippen molar-refractivity contribution in [3.05, 3.63) is 86.7 Å². The van der Waals surface area contributed by atoms with Crippen LogP contribution in [0.2, 0.25) is 0 Å². The van der Waals surface area contributed by atoms with E-state index in [0.29, 0.717) is 22.5 Å². The molecule has 0 saturated carbocycles. The zero-order valence-electron chi connectivity index (χ0n) is 31.5. The summed E-state index contributed by atoms with van der Waals surface area (Å²) < 4.78 is 0. The van der Waals surface area contributed by atoms with Crippen LogP contribution < -0.4 is 10.2 Å². The number of anilines is 2. The molecule has 0 fully saturated rings. The first-order valence-electron chi connectivity index (χ1n) is 17.5. The minimum atomic E-state index is -0.372. The molecule has 8 heteroatoms. The van der Waals surface area contributed by atoms with Crippen molar-refractivity contribution in [3.8, 4) is 0 Å². The number of aryl methyl sites for hydroxylation is 4. The second-order valence-corrected chi connectivity index (χ2v) is 14.3. The summed E-state index contributed by atoms with van der Waals surface area (Å²) in [4.78, 5) is 49.9. The average Bonchev–Trinajstić information content (AvgIpc) is 3.05. The Kier molecular flexibility index (Phi) is 9.97. The lowest BCUT2D eigenvalue weighted by Crippen LogP contribution is -2.30. The number of nitrogens with one attached hydrogen (secondary N) is 1. The van der Waals surface area contributed by atoms with Crippen LogP contribution in [0.1, 0.15) is 80.5 Å². The molecule has 0 radical (unpaired) electrons. The summed E-state index contributed by atoms with van der Waals surface area (Å²) in [5, 5.41) is 16.9. The predicted molar refractivity (Wildman–Crippen MR) is 207 cm³/mol. The van der Waals surface area contributed by atoms with Crippen LogP contribution >= 0.6 is 0 Å². The van der Waals surface area contributed by atoms with E-state index in [4.69, 9.17) is 0 Å². The molecule has 0 spiro atoms. The number of fused-ring (bicyclic) bond motifs is 2. The number of benzene rings is 3. The standard InChI is InChI=1S/C42H50N4O4/c1-13-46(14-2)34-20-32(44-42(50)22(5)6)36(30-18-26(10)24(8)16-28(30)34)38-39(47)37(40(38)48)35-29-17-25(9)23(7)15-27(29)33(45(11)12)19-31(35)43-41(49)21(3)4/h15-22,47H,13-14H2,1-12H3,(H,43,49). The molecule has 50 heavy (non-hydrogen) atoms. The molecule has 8 nitrogen and oxygen atoms in total. The molecular weight excluding hydrogens is 624 g/mol. The van der Waals surface area contributed by atoms with Gasteiger partial charge in [0.2, 0.25) is 17.6 Å². The normalized spacial score (nSPS) is 16.6. The maximum Gasteiger partial charge on any atom is 0.248 e. The van der Waals surface area contributed by atoms with Crippen molar-refractivity contribution in [3.63, 3.8) is 0 Å². The van der Waals surface area contributed by atoms with E-state index in [0.717, 1.165) is 68.6 Å². The number of amides is 2. The van der Waals surface area contributed by atoms with E-state index in [2.05, 4.69) is 48.1 Å². The van der Waals surface area contributed by atoms with Crippen molar-refractivity contribution >= 4 is 62.3 Å². The number of aliphatic hydroxyl groups excluding tert-OH is 1. The average molecular weight is 675 g/mol. The van der Waals surface area contributed by atoms with E-state index >= 15 is 0 Å². The van der Waals surface area contributed by atoms with Crippen molar-refractivity contribution in [1.82, 2.24) is 4.90 Å². The molecule has 3 aromatic rings. The first-order chi connectivity index (χ1) is 23.5. The predicted octanol–water partition coefficient (Wildman–Crippen LogP) is 8.36. The van der Waals surface area contributed by atoms with Crippen LogP contribution in [0.4, 0.5) is 11.4 Å². The van der Waals surface area contributed by atoms with Gasteiger partial charge in [0.15, 0.2) is 0 Å². The molecule has 0 atom stereocenters.